The lowest BCUT2D eigenvalue weighted by Crippen LogP contribution is -2.27. The van der Waals surface area contributed by atoms with Gasteiger partial charge in [-0.15, -0.1) is 0 Å². The molecule has 1 aliphatic rings. The zero-order valence-electron chi connectivity index (χ0n) is 7.90. The summed E-state index contributed by atoms with van der Waals surface area (Å²) in [5.41, 5.74) is 6.49. The number of rotatable bonds is 5. The molecule has 0 amide bonds. The summed E-state index contributed by atoms with van der Waals surface area (Å²) in [4.78, 5) is 0. The van der Waals surface area contributed by atoms with Crippen molar-refractivity contribution in [2.45, 2.75) is 58.4 Å². The van der Waals surface area contributed by atoms with Crippen LogP contribution in [0.4, 0.5) is 0 Å². The van der Waals surface area contributed by atoms with Gasteiger partial charge in [-0.1, -0.05) is 26.2 Å². The van der Waals surface area contributed by atoms with E-state index in [0.29, 0.717) is 11.5 Å². The van der Waals surface area contributed by atoms with Crippen molar-refractivity contribution in [3.05, 3.63) is 0 Å². The van der Waals surface area contributed by atoms with Crippen molar-refractivity contribution in [1.29, 1.82) is 0 Å². The Morgan fingerprint density at radius 2 is 2.00 bits per heavy atom. The van der Waals surface area contributed by atoms with E-state index in [9.17, 15) is 0 Å². The van der Waals surface area contributed by atoms with Gasteiger partial charge in [0.2, 0.25) is 0 Å². The molecule has 0 spiro atoms. The monoisotopic (exact) mass is 155 g/mol. The highest BCUT2D eigenvalue weighted by Gasteiger charge is 2.44. The molecule has 0 aromatic heterocycles. The van der Waals surface area contributed by atoms with E-state index in [4.69, 9.17) is 5.73 Å². The molecule has 1 aliphatic carbocycles. The van der Waals surface area contributed by atoms with Crippen LogP contribution >= 0.6 is 0 Å². The normalized spacial score (nSPS) is 23.2. The Kier molecular flexibility index (Phi) is 2.94. The summed E-state index contributed by atoms with van der Waals surface area (Å²) in [6.45, 7) is 4.42. The second-order valence-electron chi connectivity index (χ2n) is 4.11. The van der Waals surface area contributed by atoms with E-state index in [0.717, 1.165) is 0 Å². The highest BCUT2D eigenvalue weighted by molar-refractivity contribution is 4.98. The Hall–Kier alpha value is -0.0400. The maximum Gasteiger partial charge on any atom is 0.00670 e. The topological polar surface area (TPSA) is 26.0 Å². The highest BCUT2D eigenvalue weighted by atomic mass is 14.7. The van der Waals surface area contributed by atoms with Gasteiger partial charge in [-0.3, -0.25) is 0 Å². The maximum absolute atomic E-state index is 5.91. The van der Waals surface area contributed by atoms with Gasteiger partial charge in [0, 0.05) is 6.04 Å². The van der Waals surface area contributed by atoms with Crippen molar-refractivity contribution in [2.24, 2.45) is 11.1 Å². The minimum Gasteiger partial charge on any atom is -0.327 e. The summed E-state index contributed by atoms with van der Waals surface area (Å²) >= 11 is 0. The summed E-state index contributed by atoms with van der Waals surface area (Å²) in [6, 6.07) is 0.430. The fraction of sp³-hybridized carbons (Fsp3) is 1.00. The molecule has 0 bridgehead atoms. The van der Waals surface area contributed by atoms with Gasteiger partial charge in [0.15, 0.2) is 0 Å². The van der Waals surface area contributed by atoms with Gasteiger partial charge in [-0.05, 0) is 31.6 Å². The molecule has 0 saturated heterocycles. The van der Waals surface area contributed by atoms with Crippen LogP contribution in [0.2, 0.25) is 0 Å². The molecule has 0 aromatic rings. The van der Waals surface area contributed by atoms with Crippen molar-refractivity contribution >= 4 is 0 Å². The Morgan fingerprint density at radius 3 is 2.36 bits per heavy atom. The molecule has 1 rings (SSSR count). The van der Waals surface area contributed by atoms with E-state index in [1.165, 1.54) is 38.5 Å². The first-order valence-corrected chi connectivity index (χ1v) is 4.97. The molecule has 0 aliphatic heterocycles. The van der Waals surface area contributed by atoms with Crippen LogP contribution in [0, 0.1) is 5.41 Å². The third-order valence-corrected chi connectivity index (χ3v) is 3.14. The second kappa shape index (κ2) is 3.57. The average Bonchev–Trinajstić information content (AvgIpc) is 2.70. The minimum absolute atomic E-state index is 0.430. The molecule has 2 N–H and O–H groups in total. The van der Waals surface area contributed by atoms with E-state index in [2.05, 4.69) is 13.8 Å². The lowest BCUT2D eigenvalue weighted by molar-refractivity contribution is 0.373. The second-order valence-corrected chi connectivity index (χ2v) is 4.11. The predicted octanol–water partition coefficient (Wildman–Crippen LogP) is 2.69. The Bertz CT molecular complexity index is 114. The molecule has 1 saturated carbocycles. The Morgan fingerprint density at radius 1 is 1.36 bits per heavy atom. The van der Waals surface area contributed by atoms with Crippen LogP contribution in [0.3, 0.4) is 0 Å². The van der Waals surface area contributed by atoms with Gasteiger partial charge in [0.05, 0.1) is 0 Å². The molecule has 1 fully saturated rings. The first kappa shape index (κ1) is 9.05. The van der Waals surface area contributed by atoms with Crippen LogP contribution in [0.15, 0.2) is 0 Å². The predicted molar refractivity (Wildman–Crippen MR) is 49.5 cm³/mol. The minimum atomic E-state index is 0.430. The van der Waals surface area contributed by atoms with Crippen LogP contribution in [0.1, 0.15) is 52.4 Å². The van der Waals surface area contributed by atoms with Crippen molar-refractivity contribution in [3.63, 3.8) is 0 Å². The number of hydrogen-bond acceptors (Lipinski definition) is 1. The maximum atomic E-state index is 5.91. The van der Waals surface area contributed by atoms with Gasteiger partial charge >= 0.3 is 0 Å². The fourth-order valence-corrected chi connectivity index (χ4v) is 1.82. The molecule has 1 heteroatoms. The number of unbranched alkanes of at least 4 members (excludes halogenated alkanes) is 2. The third kappa shape index (κ3) is 2.19. The van der Waals surface area contributed by atoms with Crippen LogP contribution in [-0.4, -0.2) is 6.04 Å². The van der Waals surface area contributed by atoms with E-state index < -0.39 is 0 Å². The number of nitrogens with two attached hydrogens (primary N) is 1. The molecule has 0 radical (unpaired) electrons. The van der Waals surface area contributed by atoms with Crippen molar-refractivity contribution in [3.8, 4) is 0 Å². The molecule has 0 heterocycles. The summed E-state index contributed by atoms with van der Waals surface area (Å²) < 4.78 is 0. The molecule has 0 aromatic carbocycles. The van der Waals surface area contributed by atoms with E-state index in [1.54, 1.807) is 0 Å². The molecule has 1 atom stereocenters. The highest BCUT2D eigenvalue weighted by Crippen LogP contribution is 2.51. The third-order valence-electron chi connectivity index (χ3n) is 3.14. The quantitative estimate of drug-likeness (QED) is 0.607. The Labute approximate surface area is 70.4 Å². The molecule has 1 nitrogen and oxygen atoms in total. The fourth-order valence-electron chi connectivity index (χ4n) is 1.82. The van der Waals surface area contributed by atoms with Crippen molar-refractivity contribution in [2.75, 3.05) is 0 Å². The summed E-state index contributed by atoms with van der Waals surface area (Å²) in [6.07, 6.45) is 8.24. The van der Waals surface area contributed by atoms with Crippen molar-refractivity contribution < 1.29 is 0 Å². The van der Waals surface area contributed by atoms with Crippen molar-refractivity contribution in [1.82, 2.24) is 0 Å². The van der Waals surface area contributed by atoms with Gasteiger partial charge in [0.1, 0.15) is 0 Å². The number of hydrogen-bond donors (Lipinski definition) is 1. The summed E-state index contributed by atoms with van der Waals surface area (Å²) in [5.74, 6) is 0. The van der Waals surface area contributed by atoms with Gasteiger partial charge < -0.3 is 5.73 Å². The first-order chi connectivity index (χ1) is 5.21. The van der Waals surface area contributed by atoms with E-state index in [-0.39, 0.29) is 0 Å². The molecule has 0 unspecified atom stereocenters. The SMILES string of the molecule is CCCCCC1([C@@H](C)N)CC1. The lowest BCUT2D eigenvalue weighted by atomic mass is 9.92. The first-order valence-electron chi connectivity index (χ1n) is 4.97. The van der Waals surface area contributed by atoms with E-state index >= 15 is 0 Å². The van der Waals surface area contributed by atoms with Gasteiger partial charge in [0.25, 0.3) is 0 Å². The van der Waals surface area contributed by atoms with Crippen LogP contribution in [0.5, 0.6) is 0 Å². The van der Waals surface area contributed by atoms with Gasteiger partial charge in [-0.25, -0.2) is 0 Å². The lowest BCUT2D eigenvalue weighted by Gasteiger charge is -2.18. The largest absolute Gasteiger partial charge is 0.327 e. The molecular weight excluding hydrogens is 134 g/mol. The summed E-state index contributed by atoms with van der Waals surface area (Å²) in [5, 5.41) is 0. The van der Waals surface area contributed by atoms with Crippen LogP contribution in [-0.2, 0) is 0 Å². The smallest absolute Gasteiger partial charge is 0.00670 e. The molecule has 66 valence electrons. The summed E-state index contributed by atoms with van der Waals surface area (Å²) in [7, 11) is 0. The zero-order valence-corrected chi connectivity index (χ0v) is 7.90. The van der Waals surface area contributed by atoms with Crippen LogP contribution in [0.25, 0.3) is 0 Å². The Balaban J connectivity index is 2.14. The van der Waals surface area contributed by atoms with Gasteiger partial charge in [-0.2, -0.15) is 0 Å². The van der Waals surface area contributed by atoms with Crippen LogP contribution < -0.4 is 5.73 Å². The zero-order chi connectivity index (χ0) is 8.32. The van der Waals surface area contributed by atoms with E-state index in [1.807, 2.05) is 0 Å². The average molecular weight is 155 g/mol. The standard InChI is InChI=1S/C10H21N/c1-3-4-5-6-10(7-8-10)9(2)11/h9H,3-8,11H2,1-2H3/t9-/m1/s1. The molecule has 11 heavy (non-hydrogen) atoms. The molecular formula is C10H21N.